The molecule has 0 heterocycles. The van der Waals surface area contributed by atoms with E-state index in [4.69, 9.17) is 11.5 Å². The summed E-state index contributed by atoms with van der Waals surface area (Å²) < 4.78 is 0.994. The Hall–Kier alpha value is -0.540. The Morgan fingerprint density at radius 1 is 1.31 bits per heavy atom. The van der Waals surface area contributed by atoms with Gasteiger partial charge < -0.3 is 11.5 Å². The van der Waals surface area contributed by atoms with Crippen LogP contribution in [0.3, 0.4) is 0 Å². The summed E-state index contributed by atoms with van der Waals surface area (Å²) >= 11 is 3.46. The number of benzene rings is 1. The molecule has 0 unspecified atom stereocenters. The van der Waals surface area contributed by atoms with E-state index in [0.717, 1.165) is 15.7 Å². The summed E-state index contributed by atoms with van der Waals surface area (Å²) in [5.41, 5.74) is 13.7. The smallest absolute Gasteiger partial charge is 0.0373 e. The Balaban J connectivity index is 3.12. The van der Waals surface area contributed by atoms with Crippen LogP contribution in [0.2, 0.25) is 0 Å². The van der Waals surface area contributed by atoms with Crippen molar-refractivity contribution >= 4 is 21.6 Å². The number of rotatable bonds is 2. The van der Waals surface area contributed by atoms with Crippen molar-refractivity contribution in [3.63, 3.8) is 0 Å². The molecule has 1 atom stereocenters. The first-order chi connectivity index (χ1) is 6.04. The van der Waals surface area contributed by atoms with Crippen molar-refractivity contribution in [3.8, 4) is 0 Å². The monoisotopic (exact) mass is 242 g/mol. The SMILES string of the molecule is CC(C)[C@H](N)c1c(N)cccc1Br. The first-order valence-corrected chi connectivity index (χ1v) is 5.12. The van der Waals surface area contributed by atoms with Crippen molar-refractivity contribution in [2.24, 2.45) is 11.7 Å². The van der Waals surface area contributed by atoms with Gasteiger partial charge in [-0.25, -0.2) is 0 Å². The molecule has 0 radical (unpaired) electrons. The van der Waals surface area contributed by atoms with Crippen LogP contribution in [0.5, 0.6) is 0 Å². The standard InChI is InChI=1S/C10H15BrN2/c1-6(2)10(13)9-7(11)4-3-5-8(9)12/h3-6,10H,12-13H2,1-2H3/t10-/m0/s1. The Morgan fingerprint density at radius 2 is 1.92 bits per heavy atom. The van der Waals surface area contributed by atoms with Crippen molar-refractivity contribution in [1.29, 1.82) is 0 Å². The molecule has 0 bridgehead atoms. The van der Waals surface area contributed by atoms with Gasteiger partial charge in [0.15, 0.2) is 0 Å². The molecule has 13 heavy (non-hydrogen) atoms. The predicted octanol–water partition coefficient (Wildman–Crippen LogP) is 2.69. The quantitative estimate of drug-likeness (QED) is 0.784. The fourth-order valence-electron chi connectivity index (χ4n) is 1.24. The van der Waals surface area contributed by atoms with E-state index in [2.05, 4.69) is 29.8 Å². The maximum absolute atomic E-state index is 6.03. The van der Waals surface area contributed by atoms with E-state index < -0.39 is 0 Å². The number of hydrogen-bond donors (Lipinski definition) is 2. The summed E-state index contributed by atoms with van der Waals surface area (Å²) in [7, 11) is 0. The predicted molar refractivity (Wildman–Crippen MR) is 60.3 cm³/mol. The average molecular weight is 243 g/mol. The third kappa shape index (κ3) is 2.23. The second-order valence-corrected chi connectivity index (χ2v) is 4.37. The Labute approximate surface area is 87.4 Å². The molecule has 0 aliphatic rings. The summed E-state index contributed by atoms with van der Waals surface area (Å²) in [6.07, 6.45) is 0. The summed E-state index contributed by atoms with van der Waals surface area (Å²) in [5.74, 6) is 0.390. The van der Waals surface area contributed by atoms with E-state index >= 15 is 0 Å². The molecular weight excluding hydrogens is 228 g/mol. The van der Waals surface area contributed by atoms with Gasteiger partial charge in [-0.1, -0.05) is 35.8 Å². The molecule has 0 aliphatic carbocycles. The normalized spacial score (nSPS) is 13.3. The van der Waals surface area contributed by atoms with Gasteiger partial charge in [-0.3, -0.25) is 0 Å². The van der Waals surface area contributed by atoms with Gasteiger partial charge in [-0.05, 0) is 18.1 Å². The van der Waals surface area contributed by atoms with E-state index in [1.54, 1.807) is 0 Å². The summed E-state index contributed by atoms with van der Waals surface area (Å²) in [6, 6.07) is 5.75. The van der Waals surface area contributed by atoms with Crippen LogP contribution in [0, 0.1) is 5.92 Å². The van der Waals surface area contributed by atoms with E-state index in [-0.39, 0.29) is 6.04 Å². The van der Waals surface area contributed by atoms with Crippen LogP contribution in [-0.2, 0) is 0 Å². The van der Waals surface area contributed by atoms with E-state index in [9.17, 15) is 0 Å². The minimum absolute atomic E-state index is 0.00410. The van der Waals surface area contributed by atoms with Crippen LogP contribution in [0.1, 0.15) is 25.5 Å². The fourth-order valence-corrected chi connectivity index (χ4v) is 1.88. The van der Waals surface area contributed by atoms with Gasteiger partial charge in [0, 0.05) is 21.8 Å². The molecule has 2 nitrogen and oxygen atoms in total. The van der Waals surface area contributed by atoms with E-state index in [0.29, 0.717) is 5.92 Å². The largest absolute Gasteiger partial charge is 0.398 e. The first-order valence-electron chi connectivity index (χ1n) is 4.33. The van der Waals surface area contributed by atoms with Crippen LogP contribution >= 0.6 is 15.9 Å². The zero-order chi connectivity index (χ0) is 10.0. The zero-order valence-electron chi connectivity index (χ0n) is 7.92. The number of halogens is 1. The molecular formula is C10H15BrN2. The Kier molecular flexibility index (Phi) is 3.33. The third-order valence-corrected chi connectivity index (χ3v) is 2.83. The highest BCUT2D eigenvalue weighted by Crippen LogP contribution is 2.31. The topological polar surface area (TPSA) is 52.0 Å². The van der Waals surface area contributed by atoms with Gasteiger partial charge in [0.25, 0.3) is 0 Å². The van der Waals surface area contributed by atoms with Crippen molar-refractivity contribution in [3.05, 3.63) is 28.2 Å². The minimum Gasteiger partial charge on any atom is -0.398 e. The summed E-state index contributed by atoms with van der Waals surface area (Å²) in [6.45, 7) is 4.17. The lowest BCUT2D eigenvalue weighted by molar-refractivity contribution is 0.514. The van der Waals surface area contributed by atoms with Crippen LogP contribution < -0.4 is 11.5 Å². The lowest BCUT2D eigenvalue weighted by atomic mass is 9.96. The Morgan fingerprint density at radius 3 is 2.38 bits per heavy atom. The van der Waals surface area contributed by atoms with Crippen molar-refractivity contribution in [2.75, 3.05) is 5.73 Å². The molecule has 0 saturated carbocycles. The molecule has 1 aromatic rings. The van der Waals surface area contributed by atoms with Crippen molar-refractivity contribution < 1.29 is 0 Å². The molecule has 0 aromatic heterocycles. The second-order valence-electron chi connectivity index (χ2n) is 3.51. The molecule has 4 N–H and O–H groups in total. The Bertz CT molecular complexity index is 277. The molecule has 1 rings (SSSR count). The molecule has 3 heteroatoms. The van der Waals surface area contributed by atoms with Gasteiger partial charge in [0.05, 0.1) is 0 Å². The number of nitrogens with two attached hydrogens (primary N) is 2. The lowest BCUT2D eigenvalue weighted by Gasteiger charge is -2.19. The van der Waals surface area contributed by atoms with E-state index in [1.165, 1.54) is 0 Å². The van der Waals surface area contributed by atoms with Crippen molar-refractivity contribution in [1.82, 2.24) is 0 Å². The highest BCUT2D eigenvalue weighted by atomic mass is 79.9. The van der Waals surface area contributed by atoms with Gasteiger partial charge in [0.2, 0.25) is 0 Å². The summed E-state index contributed by atoms with van der Waals surface area (Å²) in [5, 5.41) is 0. The maximum atomic E-state index is 6.03. The number of anilines is 1. The zero-order valence-corrected chi connectivity index (χ0v) is 9.51. The van der Waals surface area contributed by atoms with Crippen LogP contribution in [0.25, 0.3) is 0 Å². The lowest BCUT2D eigenvalue weighted by Crippen LogP contribution is -2.18. The highest BCUT2D eigenvalue weighted by Gasteiger charge is 2.15. The molecule has 0 spiro atoms. The average Bonchev–Trinajstić information content (AvgIpc) is 2.03. The minimum atomic E-state index is -0.00410. The van der Waals surface area contributed by atoms with Crippen molar-refractivity contribution in [2.45, 2.75) is 19.9 Å². The van der Waals surface area contributed by atoms with Gasteiger partial charge >= 0.3 is 0 Å². The van der Waals surface area contributed by atoms with Crippen LogP contribution in [-0.4, -0.2) is 0 Å². The highest BCUT2D eigenvalue weighted by molar-refractivity contribution is 9.10. The first kappa shape index (κ1) is 10.5. The summed E-state index contributed by atoms with van der Waals surface area (Å²) in [4.78, 5) is 0. The number of hydrogen-bond acceptors (Lipinski definition) is 2. The van der Waals surface area contributed by atoms with Crippen LogP contribution in [0.15, 0.2) is 22.7 Å². The van der Waals surface area contributed by atoms with E-state index in [1.807, 2.05) is 18.2 Å². The molecule has 72 valence electrons. The molecule has 0 fully saturated rings. The third-order valence-electron chi connectivity index (χ3n) is 2.14. The van der Waals surface area contributed by atoms with Gasteiger partial charge in [0.1, 0.15) is 0 Å². The molecule has 1 aromatic carbocycles. The second kappa shape index (κ2) is 4.11. The maximum Gasteiger partial charge on any atom is 0.0373 e. The molecule has 0 saturated heterocycles. The van der Waals surface area contributed by atoms with Gasteiger partial charge in [-0.2, -0.15) is 0 Å². The van der Waals surface area contributed by atoms with Gasteiger partial charge in [-0.15, -0.1) is 0 Å². The number of nitrogen functional groups attached to an aromatic ring is 1. The fraction of sp³-hybridized carbons (Fsp3) is 0.400. The van der Waals surface area contributed by atoms with Crippen LogP contribution in [0.4, 0.5) is 5.69 Å². The molecule has 0 amide bonds. The molecule has 0 aliphatic heterocycles.